The van der Waals surface area contributed by atoms with Crippen LogP contribution in [0.25, 0.3) is 0 Å². The summed E-state index contributed by atoms with van der Waals surface area (Å²) in [5, 5.41) is 0. The second-order valence-corrected chi connectivity index (χ2v) is 4.78. The van der Waals surface area contributed by atoms with Crippen molar-refractivity contribution < 1.29 is 17.6 Å². The zero-order chi connectivity index (χ0) is 13.3. The van der Waals surface area contributed by atoms with Crippen molar-refractivity contribution >= 4 is 0 Å². The Hall–Kier alpha value is -1.10. The topological polar surface area (TPSA) is 3.24 Å². The van der Waals surface area contributed by atoms with Gasteiger partial charge in [-0.3, -0.25) is 0 Å². The van der Waals surface area contributed by atoms with Crippen LogP contribution in [-0.4, -0.2) is 25.0 Å². The van der Waals surface area contributed by atoms with E-state index in [4.69, 9.17) is 0 Å². The van der Waals surface area contributed by atoms with Crippen LogP contribution in [-0.2, 0) is 6.18 Å². The van der Waals surface area contributed by atoms with Crippen LogP contribution in [0.5, 0.6) is 0 Å². The minimum atomic E-state index is -4.62. The third-order valence-corrected chi connectivity index (χ3v) is 3.49. The SMILES string of the molecule is CN1CCC(c2cccc(F)c2C(F)(F)F)CC1. The second kappa shape index (κ2) is 4.88. The van der Waals surface area contributed by atoms with E-state index in [-0.39, 0.29) is 11.5 Å². The smallest absolute Gasteiger partial charge is 0.306 e. The van der Waals surface area contributed by atoms with Gasteiger partial charge < -0.3 is 4.90 Å². The fraction of sp³-hybridized carbons (Fsp3) is 0.538. The molecule has 0 aliphatic carbocycles. The molecule has 0 aromatic heterocycles. The highest BCUT2D eigenvalue weighted by Gasteiger charge is 2.38. The van der Waals surface area contributed by atoms with E-state index in [2.05, 4.69) is 4.90 Å². The molecule has 100 valence electrons. The van der Waals surface area contributed by atoms with Crippen LogP contribution in [0.15, 0.2) is 18.2 Å². The summed E-state index contributed by atoms with van der Waals surface area (Å²) < 4.78 is 52.1. The predicted octanol–water partition coefficient (Wildman–Crippen LogP) is 3.65. The lowest BCUT2D eigenvalue weighted by molar-refractivity contribution is -0.140. The summed E-state index contributed by atoms with van der Waals surface area (Å²) in [7, 11) is 1.94. The molecule has 0 bridgehead atoms. The van der Waals surface area contributed by atoms with E-state index in [0.29, 0.717) is 12.8 Å². The van der Waals surface area contributed by atoms with E-state index < -0.39 is 17.6 Å². The molecule has 1 saturated heterocycles. The molecule has 0 N–H and O–H groups in total. The van der Waals surface area contributed by atoms with Gasteiger partial charge in [-0.15, -0.1) is 0 Å². The number of likely N-dealkylation sites (tertiary alicyclic amines) is 1. The van der Waals surface area contributed by atoms with Gasteiger partial charge in [-0.1, -0.05) is 12.1 Å². The molecular formula is C13H15F4N. The lowest BCUT2D eigenvalue weighted by Gasteiger charge is -2.30. The van der Waals surface area contributed by atoms with E-state index in [9.17, 15) is 17.6 Å². The van der Waals surface area contributed by atoms with Crippen LogP contribution in [0.4, 0.5) is 17.6 Å². The normalized spacial score (nSPS) is 19.2. The molecule has 0 amide bonds. The van der Waals surface area contributed by atoms with Crippen LogP contribution in [0.3, 0.4) is 0 Å². The average Bonchev–Trinajstić information content (AvgIpc) is 2.28. The predicted molar refractivity (Wildman–Crippen MR) is 60.9 cm³/mol. The lowest BCUT2D eigenvalue weighted by Crippen LogP contribution is -2.30. The van der Waals surface area contributed by atoms with Gasteiger partial charge in [0.15, 0.2) is 0 Å². The first kappa shape index (κ1) is 13.3. The Morgan fingerprint density at radius 3 is 2.33 bits per heavy atom. The number of hydrogen-bond acceptors (Lipinski definition) is 1. The van der Waals surface area contributed by atoms with Crippen molar-refractivity contribution in [3.63, 3.8) is 0 Å². The van der Waals surface area contributed by atoms with Gasteiger partial charge in [0.1, 0.15) is 5.82 Å². The molecule has 0 unspecified atom stereocenters. The van der Waals surface area contributed by atoms with Gasteiger partial charge in [0, 0.05) is 0 Å². The highest BCUT2D eigenvalue weighted by molar-refractivity contribution is 5.34. The zero-order valence-corrected chi connectivity index (χ0v) is 10.1. The number of benzene rings is 1. The maximum absolute atomic E-state index is 13.4. The molecule has 5 heteroatoms. The molecule has 1 aromatic rings. The molecule has 1 heterocycles. The highest BCUT2D eigenvalue weighted by atomic mass is 19.4. The average molecular weight is 261 g/mol. The summed E-state index contributed by atoms with van der Waals surface area (Å²) in [4.78, 5) is 2.07. The minimum Gasteiger partial charge on any atom is -0.306 e. The molecule has 1 aromatic carbocycles. The molecule has 18 heavy (non-hydrogen) atoms. The molecule has 1 nitrogen and oxygen atoms in total. The van der Waals surface area contributed by atoms with Crippen LogP contribution < -0.4 is 0 Å². The van der Waals surface area contributed by atoms with Crippen LogP contribution in [0.2, 0.25) is 0 Å². The Kier molecular flexibility index (Phi) is 3.61. The van der Waals surface area contributed by atoms with Crippen molar-refractivity contribution in [1.82, 2.24) is 4.90 Å². The lowest BCUT2D eigenvalue weighted by atomic mass is 9.86. The number of nitrogens with zero attached hydrogens (tertiary/aromatic N) is 1. The quantitative estimate of drug-likeness (QED) is 0.697. The van der Waals surface area contributed by atoms with Crippen molar-refractivity contribution in [3.05, 3.63) is 35.1 Å². The standard InChI is InChI=1S/C13H15F4N/c1-18-7-5-9(6-8-18)10-3-2-4-11(14)12(10)13(15,16)17/h2-4,9H,5-8H2,1H3. The second-order valence-electron chi connectivity index (χ2n) is 4.78. The Labute approximate surface area is 103 Å². The van der Waals surface area contributed by atoms with Crippen molar-refractivity contribution in [2.45, 2.75) is 24.9 Å². The van der Waals surface area contributed by atoms with Crippen molar-refractivity contribution in [2.24, 2.45) is 0 Å². The van der Waals surface area contributed by atoms with Gasteiger partial charge >= 0.3 is 6.18 Å². The number of hydrogen-bond donors (Lipinski definition) is 0. The molecule has 0 saturated carbocycles. The molecule has 1 aliphatic rings. The number of piperidine rings is 1. The van der Waals surface area contributed by atoms with E-state index in [1.807, 2.05) is 7.05 Å². The molecule has 0 atom stereocenters. The molecule has 1 aliphatic heterocycles. The van der Waals surface area contributed by atoms with Crippen molar-refractivity contribution in [1.29, 1.82) is 0 Å². The monoisotopic (exact) mass is 261 g/mol. The first-order valence-electron chi connectivity index (χ1n) is 5.93. The summed E-state index contributed by atoms with van der Waals surface area (Å²) >= 11 is 0. The molecule has 1 fully saturated rings. The molecule has 0 radical (unpaired) electrons. The molecule has 0 spiro atoms. The van der Waals surface area contributed by atoms with Gasteiger partial charge in [0.2, 0.25) is 0 Å². The van der Waals surface area contributed by atoms with Crippen LogP contribution in [0, 0.1) is 5.82 Å². The maximum atomic E-state index is 13.4. The van der Waals surface area contributed by atoms with Gasteiger partial charge in [0.25, 0.3) is 0 Å². The molecule has 2 rings (SSSR count). The highest BCUT2D eigenvalue weighted by Crippen LogP contribution is 2.39. The minimum absolute atomic E-state index is 0.107. The van der Waals surface area contributed by atoms with Crippen molar-refractivity contribution in [2.75, 3.05) is 20.1 Å². The van der Waals surface area contributed by atoms with Gasteiger partial charge in [-0.05, 0) is 50.5 Å². The summed E-state index contributed by atoms with van der Waals surface area (Å²) in [6.07, 6.45) is -3.34. The van der Waals surface area contributed by atoms with E-state index in [1.54, 1.807) is 0 Å². The summed E-state index contributed by atoms with van der Waals surface area (Å²) in [5.74, 6) is -1.37. The largest absolute Gasteiger partial charge is 0.419 e. The number of alkyl halides is 3. The fourth-order valence-corrected chi connectivity index (χ4v) is 2.50. The Bertz CT molecular complexity index is 419. The van der Waals surface area contributed by atoms with Crippen LogP contribution in [0.1, 0.15) is 29.9 Å². The van der Waals surface area contributed by atoms with E-state index in [0.717, 1.165) is 19.2 Å². The van der Waals surface area contributed by atoms with E-state index in [1.165, 1.54) is 12.1 Å². The Morgan fingerprint density at radius 1 is 1.17 bits per heavy atom. The third kappa shape index (κ3) is 2.66. The first-order valence-corrected chi connectivity index (χ1v) is 5.93. The number of halogens is 4. The van der Waals surface area contributed by atoms with E-state index >= 15 is 0 Å². The Morgan fingerprint density at radius 2 is 1.78 bits per heavy atom. The summed E-state index contributed by atoms with van der Waals surface area (Å²) in [5.41, 5.74) is -0.977. The molecular weight excluding hydrogens is 246 g/mol. The van der Waals surface area contributed by atoms with Gasteiger partial charge in [-0.2, -0.15) is 13.2 Å². The first-order chi connectivity index (χ1) is 8.39. The van der Waals surface area contributed by atoms with Gasteiger partial charge in [-0.25, -0.2) is 4.39 Å². The zero-order valence-electron chi connectivity index (χ0n) is 10.1. The van der Waals surface area contributed by atoms with Gasteiger partial charge in [0.05, 0.1) is 5.56 Å². The Balaban J connectivity index is 2.36. The van der Waals surface area contributed by atoms with Crippen molar-refractivity contribution in [3.8, 4) is 0 Å². The number of rotatable bonds is 1. The third-order valence-electron chi connectivity index (χ3n) is 3.49. The van der Waals surface area contributed by atoms with Crippen LogP contribution >= 0.6 is 0 Å². The summed E-state index contributed by atoms with van der Waals surface area (Å²) in [6.45, 7) is 1.50. The fourth-order valence-electron chi connectivity index (χ4n) is 2.50. The maximum Gasteiger partial charge on any atom is 0.419 e. The summed E-state index contributed by atoms with van der Waals surface area (Å²) in [6, 6.07) is 3.64.